The van der Waals surface area contributed by atoms with Gasteiger partial charge in [0, 0.05) is 30.5 Å². The fourth-order valence-electron chi connectivity index (χ4n) is 1.93. The Labute approximate surface area is 122 Å². The van der Waals surface area contributed by atoms with Crippen LogP contribution in [-0.4, -0.2) is 22.3 Å². The van der Waals surface area contributed by atoms with Crippen LogP contribution < -0.4 is 10.5 Å². The Hall–Kier alpha value is -2.54. The van der Waals surface area contributed by atoms with E-state index >= 15 is 0 Å². The number of thiazole rings is 1. The van der Waals surface area contributed by atoms with E-state index in [1.165, 1.54) is 58.1 Å². The van der Waals surface area contributed by atoms with E-state index in [4.69, 9.17) is 0 Å². The quantitative estimate of drug-likeness (QED) is 0.729. The third-order valence-electron chi connectivity index (χ3n) is 3.09. The molecule has 0 saturated heterocycles. The van der Waals surface area contributed by atoms with Gasteiger partial charge in [-0.15, -0.1) is 11.3 Å². The van der Waals surface area contributed by atoms with Gasteiger partial charge in [-0.05, 0) is 24.3 Å². The van der Waals surface area contributed by atoms with Crippen molar-refractivity contribution >= 4 is 27.9 Å². The van der Waals surface area contributed by atoms with Crippen molar-refractivity contribution in [3.63, 3.8) is 0 Å². The molecule has 2 aromatic heterocycles. The van der Waals surface area contributed by atoms with E-state index in [1.54, 1.807) is 11.6 Å². The van der Waals surface area contributed by atoms with Crippen LogP contribution in [0.1, 0.15) is 10.4 Å². The van der Waals surface area contributed by atoms with Crippen LogP contribution in [0.3, 0.4) is 0 Å². The van der Waals surface area contributed by atoms with Gasteiger partial charge in [0.15, 0.2) is 4.96 Å². The second-order valence-electron chi connectivity index (χ2n) is 4.37. The molecule has 5 nitrogen and oxygen atoms in total. The van der Waals surface area contributed by atoms with Crippen molar-refractivity contribution in [3.8, 4) is 0 Å². The van der Waals surface area contributed by atoms with Crippen molar-refractivity contribution in [2.45, 2.75) is 0 Å². The maximum atomic E-state index is 12.9. The molecule has 7 heteroatoms. The number of benzene rings is 1. The number of hydrogen-bond donors (Lipinski definition) is 0. The number of carbonyl (C=O) groups excluding carboxylic acids is 1. The smallest absolute Gasteiger partial charge is 0.271 e. The summed E-state index contributed by atoms with van der Waals surface area (Å²) >= 11 is 1.31. The van der Waals surface area contributed by atoms with Crippen LogP contribution >= 0.6 is 11.3 Å². The zero-order valence-electron chi connectivity index (χ0n) is 11.0. The highest BCUT2D eigenvalue weighted by Gasteiger charge is 2.19. The third-order valence-corrected chi connectivity index (χ3v) is 3.86. The molecule has 0 atom stereocenters. The van der Waals surface area contributed by atoms with Gasteiger partial charge in [0.05, 0.1) is 0 Å². The standard InChI is InChI=1S/C14H10FN3O2S/c1-17(10-4-2-9(15)3-5-10)12(19)11-8-16-14-18(13(11)20)6-7-21-14/h2-8H,1H3. The van der Waals surface area contributed by atoms with Crippen molar-refractivity contribution in [2.75, 3.05) is 11.9 Å². The minimum absolute atomic E-state index is 0.0299. The van der Waals surface area contributed by atoms with Gasteiger partial charge in [0.1, 0.15) is 11.4 Å². The Morgan fingerprint density at radius 3 is 2.76 bits per heavy atom. The van der Waals surface area contributed by atoms with Crippen LogP contribution in [0.5, 0.6) is 0 Å². The van der Waals surface area contributed by atoms with E-state index in [1.807, 2.05) is 0 Å². The van der Waals surface area contributed by atoms with Crippen molar-refractivity contribution in [1.82, 2.24) is 9.38 Å². The SMILES string of the molecule is CN(C(=O)c1cnc2sccn2c1=O)c1ccc(F)cc1. The Bertz CT molecular complexity index is 870. The molecule has 0 aliphatic carbocycles. The summed E-state index contributed by atoms with van der Waals surface area (Å²) < 4.78 is 14.2. The van der Waals surface area contributed by atoms with Crippen LogP contribution in [0.4, 0.5) is 10.1 Å². The third kappa shape index (κ3) is 2.31. The highest BCUT2D eigenvalue weighted by atomic mass is 32.1. The molecule has 3 rings (SSSR count). The van der Waals surface area contributed by atoms with E-state index < -0.39 is 11.5 Å². The lowest BCUT2D eigenvalue weighted by molar-refractivity contribution is 0.0991. The van der Waals surface area contributed by atoms with Gasteiger partial charge in [-0.1, -0.05) is 0 Å². The topological polar surface area (TPSA) is 54.7 Å². The summed E-state index contributed by atoms with van der Waals surface area (Å²) in [6, 6.07) is 5.46. The molecule has 0 unspecified atom stereocenters. The van der Waals surface area contributed by atoms with Crippen molar-refractivity contribution in [3.05, 3.63) is 63.8 Å². The molecule has 2 heterocycles. The Kier molecular flexibility index (Phi) is 3.26. The van der Waals surface area contributed by atoms with Crippen molar-refractivity contribution < 1.29 is 9.18 Å². The lowest BCUT2D eigenvalue weighted by atomic mass is 10.2. The molecular formula is C14H10FN3O2S. The Morgan fingerprint density at radius 2 is 2.05 bits per heavy atom. The van der Waals surface area contributed by atoms with Crippen LogP contribution in [0.2, 0.25) is 0 Å². The Morgan fingerprint density at radius 1 is 1.33 bits per heavy atom. The highest BCUT2D eigenvalue weighted by molar-refractivity contribution is 7.15. The summed E-state index contributed by atoms with van der Waals surface area (Å²) in [6.45, 7) is 0. The molecule has 0 saturated carbocycles. The summed E-state index contributed by atoms with van der Waals surface area (Å²) in [6.07, 6.45) is 2.85. The normalized spacial score (nSPS) is 10.8. The molecule has 0 N–H and O–H groups in total. The van der Waals surface area contributed by atoms with Crippen molar-refractivity contribution in [2.24, 2.45) is 0 Å². The van der Waals surface area contributed by atoms with Crippen molar-refractivity contribution in [1.29, 1.82) is 0 Å². The molecular weight excluding hydrogens is 293 g/mol. The first kappa shape index (κ1) is 13.4. The summed E-state index contributed by atoms with van der Waals surface area (Å²) in [5, 5.41) is 1.72. The number of fused-ring (bicyclic) bond motifs is 1. The van der Waals surface area contributed by atoms with E-state index in [9.17, 15) is 14.0 Å². The molecule has 0 radical (unpaired) electrons. The first-order valence-electron chi connectivity index (χ1n) is 6.06. The predicted octanol–water partition coefficient (Wildman–Crippen LogP) is 2.17. The fourth-order valence-corrected chi connectivity index (χ4v) is 2.61. The largest absolute Gasteiger partial charge is 0.311 e. The monoisotopic (exact) mass is 303 g/mol. The predicted molar refractivity (Wildman–Crippen MR) is 78.5 cm³/mol. The van der Waals surface area contributed by atoms with Crippen LogP contribution in [0.15, 0.2) is 46.8 Å². The van der Waals surface area contributed by atoms with Gasteiger partial charge in [-0.3, -0.25) is 14.0 Å². The molecule has 0 bridgehead atoms. The summed E-state index contributed by atoms with van der Waals surface area (Å²) in [5.41, 5.74) is 0.0501. The van der Waals surface area contributed by atoms with E-state index in [-0.39, 0.29) is 11.4 Å². The molecule has 0 aliphatic rings. The van der Waals surface area contributed by atoms with Gasteiger partial charge in [0.2, 0.25) is 0 Å². The zero-order chi connectivity index (χ0) is 15.0. The minimum atomic E-state index is -0.486. The molecule has 21 heavy (non-hydrogen) atoms. The molecule has 1 amide bonds. The Balaban J connectivity index is 2.01. The van der Waals surface area contributed by atoms with E-state index in [0.29, 0.717) is 10.6 Å². The van der Waals surface area contributed by atoms with Gasteiger partial charge >= 0.3 is 0 Å². The molecule has 106 valence electrons. The van der Waals surface area contributed by atoms with E-state index in [0.717, 1.165) is 0 Å². The second kappa shape index (κ2) is 5.10. The molecule has 3 aromatic rings. The number of halogens is 1. The molecule has 0 spiro atoms. The maximum absolute atomic E-state index is 12.9. The second-order valence-corrected chi connectivity index (χ2v) is 5.25. The molecule has 0 fully saturated rings. The highest BCUT2D eigenvalue weighted by Crippen LogP contribution is 2.15. The van der Waals surface area contributed by atoms with Crippen LogP contribution in [0.25, 0.3) is 4.96 Å². The number of nitrogens with zero attached hydrogens (tertiary/aromatic N) is 3. The van der Waals surface area contributed by atoms with Gasteiger partial charge in [0.25, 0.3) is 11.5 Å². The lowest BCUT2D eigenvalue weighted by Crippen LogP contribution is -2.32. The lowest BCUT2D eigenvalue weighted by Gasteiger charge is -2.16. The summed E-state index contributed by atoms with van der Waals surface area (Å²) in [4.78, 5) is 30.5. The fraction of sp³-hybridized carbons (Fsp3) is 0.0714. The summed E-state index contributed by atoms with van der Waals surface area (Å²) in [5.74, 6) is -0.874. The average molecular weight is 303 g/mol. The number of anilines is 1. The first-order valence-corrected chi connectivity index (χ1v) is 6.94. The molecule has 0 aliphatic heterocycles. The first-order chi connectivity index (χ1) is 10.1. The number of carbonyl (C=O) groups is 1. The minimum Gasteiger partial charge on any atom is -0.311 e. The summed E-state index contributed by atoms with van der Waals surface area (Å²) in [7, 11) is 1.53. The van der Waals surface area contributed by atoms with Crippen LogP contribution in [0, 0.1) is 5.82 Å². The average Bonchev–Trinajstić information content (AvgIpc) is 2.96. The van der Waals surface area contributed by atoms with E-state index in [2.05, 4.69) is 4.98 Å². The zero-order valence-corrected chi connectivity index (χ0v) is 11.8. The number of aromatic nitrogens is 2. The van der Waals surface area contributed by atoms with Gasteiger partial charge in [-0.2, -0.15) is 0 Å². The van der Waals surface area contributed by atoms with Crippen LogP contribution in [-0.2, 0) is 0 Å². The molecule has 1 aromatic carbocycles. The number of rotatable bonds is 2. The number of amides is 1. The van der Waals surface area contributed by atoms with Gasteiger partial charge < -0.3 is 4.90 Å². The maximum Gasteiger partial charge on any atom is 0.271 e. The number of hydrogen-bond acceptors (Lipinski definition) is 4. The van der Waals surface area contributed by atoms with Gasteiger partial charge in [-0.25, -0.2) is 9.37 Å².